The van der Waals surface area contributed by atoms with Gasteiger partial charge in [0.2, 0.25) is 39.5 Å². The third-order valence-electron chi connectivity index (χ3n) is 11.9. The van der Waals surface area contributed by atoms with E-state index in [-0.39, 0.29) is 43.5 Å². The lowest BCUT2D eigenvalue weighted by Gasteiger charge is -2.31. The van der Waals surface area contributed by atoms with Crippen molar-refractivity contribution in [1.82, 2.24) is 35.5 Å². The second-order valence-corrected chi connectivity index (χ2v) is 18.5. The first kappa shape index (κ1) is 41.8. The number of allylic oxidation sites excluding steroid dienone is 1. The SMILES string of the molecule is CCC(C)C(NC(C)=O)C(=O)N[C@H]1CCCCC/C=C\[C@@H]2C[C@@]2(C(=O)NS(=O)(=O)C2(C)CC2)NC(=O)[C@@H]2C[C@@H](Oc3nc4cc(OC)ccc4nc3C)CN2C1=O. The zero-order valence-electron chi connectivity index (χ0n) is 33.6. The largest absolute Gasteiger partial charge is 0.497 e. The average Bonchev–Trinajstić information content (AvgIpc) is 4.05. The molecule has 2 aliphatic heterocycles. The highest BCUT2D eigenvalue weighted by molar-refractivity contribution is 7.91. The Balaban J connectivity index is 1.33. The molecule has 2 saturated carbocycles. The lowest BCUT2D eigenvalue weighted by Crippen LogP contribution is -2.59. The zero-order valence-corrected chi connectivity index (χ0v) is 34.4. The Morgan fingerprint density at radius 1 is 1.11 bits per heavy atom. The molecule has 2 aromatic rings. The van der Waals surface area contributed by atoms with Crippen molar-refractivity contribution in [3.8, 4) is 11.6 Å². The van der Waals surface area contributed by atoms with Crippen LogP contribution in [0.3, 0.4) is 0 Å². The van der Waals surface area contributed by atoms with E-state index in [1.807, 2.05) is 26.0 Å². The van der Waals surface area contributed by atoms with Crippen LogP contribution in [0.1, 0.15) is 97.6 Å². The summed E-state index contributed by atoms with van der Waals surface area (Å²) in [6, 6.07) is 2.19. The van der Waals surface area contributed by atoms with Crippen LogP contribution in [0.5, 0.6) is 11.6 Å². The maximum absolute atomic E-state index is 14.7. The van der Waals surface area contributed by atoms with Crippen LogP contribution in [0.25, 0.3) is 11.0 Å². The third-order valence-corrected chi connectivity index (χ3v) is 14.1. The third kappa shape index (κ3) is 9.02. The van der Waals surface area contributed by atoms with Gasteiger partial charge in [0.05, 0.1) is 29.4 Å². The van der Waals surface area contributed by atoms with E-state index in [1.165, 1.54) is 11.8 Å². The Labute approximate surface area is 333 Å². The van der Waals surface area contributed by atoms with E-state index in [0.29, 0.717) is 54.6 Å². The van der Waals surface area contributed by atoms with Gasteiger partial charge in [-0.15, -0.1) is 0 Å². The van der Waals surface area contributed by atoms with Gasteiger partial charge in [-0.2, -0.15) is 0 Å². The van der Waals surface area contributed by atoms with Gasteiger partial charge >= 0.3 is 0 Å². The molecule has 4 N–H and O–H groups in total. The highest BCUT2D eigenvalue weighted by Crippen LogP contribution is 2.47. The number of nitrogens with one attached hydrogen (secondary N) is 4. The van der Waals surface area contributed by atoms with Crippen molar-refractivity contribution >= 4 is 50.6 Å². The molecular weight excluding hydrogens is 755 g/mol. The number of sulfonamides is 1. The molecule has 0 radical (unpaired) electrons. The molecular formula is C40H55N7O9S. The molecule has 3 fully saturated rings. The Bertz CT molecular complexity index is 2050. The lowest BCUT2D eigenvalue weighted by atomic mass is 9.97. The van der Waals surface area contributed by atoms with Crippen LogP contribution in [0.2, 0.25) is 0 Å². The Morgan fingerprint density at radius 3 is 2.54 bits per heavy atom. The minimum atomic E-state index is -4.01. The van der Waals surface area contributed by atoms with E-state index in [9.17, 15) is 32.4 Å². The molecule has 17 heteroatoms. The topological polar surface area (TPSA) is 215 Å². The van der Waals surface area contributed by atoms with Gasteiger partial charge in [-0.3, -0.25) is 28.7 Å². The quantitative estimate of drug-likeness (QED) is 0.242. The highest BCUT2D eigenvalue weighted by Gasteiger charge is 2.63. The van der Waals surface area contributed by atoms with Crippen molar-refractivity contribution in [2.45, 2.75) is 133 Å². The smallest absolute Gasteiger partial charge is 0.259 e. The van der Waals surface area contributed by atoms with Crippen molar-refractivity contribution in [3.05, 3.63) is 36.0 Å². The molecule has 0 spiro atoms. The Hall–Kier alpha value is -4.80. The molecule has 2 aliphatic carbocycles. The van der Waals surface area contributed by atoms with Crippen LogP contribution in [-0.2, 0) is 34.0 Å². The fourth-order valence-electron chi connectivity index (χ4n) is 7.63. The van der Waals surface area contributed by atoms with Crippen molar-refractivity contribution in [3.63, 3.8) is 0 Å². The number of amides is 5. The van der Waals surface area contributed by atoms with E-state index < -0.39 is 74.1 Å². The number of carbonyl (C=O) groups is 5. The Morgan fingerprint density at radius 2 is 1.86 bits per heavy atom. The standard InChI is InChI=1S/C40H55N7O9S/c1-7-23(2)33(42-25(4)48)35(50)43-30-14-12-10-8-9-11-13-26-21-40(26,38(52)46-57(53,54)39(5)17-18-39)45-34(49)32-20-28(22-47(32)37(30)51)56-36-24(3)41-29-16-15-27(55-6)19-31(29)44-36/h11,13,15-16,19,23,26,28,30,32-33H,7-10,12,14,17-18,20-22H2,1-6H3,(H,42,48)(H,43,50)(H,45,49)(H,46,52)/b13-11-/t23?,26-,28-,30+,32+,33?,40-/m1/s1. The van der Waals surface area contributed by atoms with E-state index in [4.69, 9.17) is 9.47 Å². The first-order valence-electron chi connectivity index (χ1n) is 19.9. The second-order valence-electron chi connectivity index (χ2n) is 16.3. The summed E-state index contributed by atoms with van der Waals surface area (Å²) < 4.78 is 39.3. The average molecular weight is 810 g/mol. The number of hydrogen-bond acceptors (Lipinski definition) is 11. The van der Waals surface area contributed by atoms with Crippen LogP contribution in [0.4, 0.5) is 0 Å². The first-order valence-corrected chi connectivity index (χ1v) is 21.4. The van der Waals surface area contributed by atoms with Crippen LogP contribution in [0.15, 0.2) is 30.4 Å². The Kier molecular flexibility index (Phi) is 12.2. The minimum absolute atomic E-state index is 0.00542. The van der Waals surface area contributed by atoms with E-state index in [2.05, 4.69) is 30.6 Å². The zero-order chi connectivity index (χ0) is 41.3. The number of carbonyl (C=O) groups excluding carboxylic acids is 5. The van der Waals surface area contributed by atoms with Gasteiger partial charge < -0.3 is 30.3 Å². The molecule has 5 amide bonds. The summed E-state index contributed by atoms with van der Waals surface area (Å²) in [5, 5.41) is 8.51. The van der Waals surface area contributed by atoms with Crippen LogP contribution in [0, 0.1) is 18.8 Å². The fourth-order valence-corrected chi connectivity index (χ4v) is 8.94. The van der Waals surface area contributed by atoms with Crippen molar-refractivity contribution in [2.24, 2.45) is 11.8 Å². The molecule has 1 aromatic heterocycles. The molecule has 2 unspecified atom stereocenters. The van der Waals surface area contributed by atoms with E-state index in [1.54, 1.807) is 39.2 Å². The lowest BCUT2D eigenvalue weighted by molar-refractivity contribution is -0.143. The molecule has 3 heterocycles. The molecule has 7 atom stereocenters. The van der Waals surface area contributed by atoms with E-state index in [0.717, 1.165) is 12.8 Å². The molecule has 4 aliphatic rings. The number of benzene rings is 1. The predicted molar refractivity (Wildman–Crippen MR) is 210 cm³/mol. The van der Waals surface area contributed by atoms with Gasteiger partial charge in [-0.1, -0.05) is 45.3 Å². The fraction of sp³-hybridized carbons (Fsp3) is 0.625. The summed E-state index contributed by atoms with van der Waals surface area (Å²) >= 11 is 0. The van der Waals surface area contributed by atoms with Gasteiger partial charge in [-0.25, -0.2) is 18.4 Å². The number of fused-ring (bicyclic) bond motifs is 3. The summed E-state index contributed by atoms with van der Waals surface area (Å²) in [6.45, 7) is 8.34. The highest BCUT2D eigenvalue weighted by atomic mass is 32.2. The normalized spacial score (nSPS) is 27.6. The number of hydrogen-bond donors (Lipinski definition) is 4. The summed E-state index contributed by atoms with van der Waals surface area (Å²) in [7, 11) is -2.47. The second kappa shape index (κ2) is 16.6. The summed E-state index contributed by atoms with van der Waals surface area (Å²) in [4.78, 5) is 79.7. The van der Waals surface area contributed by atoms with Gasteiger partial charge in [0.1, 0.15) is 41.2 Å². The number of aromatic nitrogens is 2. The minimum Gasteiger partial charge on any atom is -0.497 e. The number of ether oxygens (including phenoxy) is 2. The van der Waals surface area contributed by atoms with Crippen LogP contribution >= 0.6 is 0 Å². The summed E-state index contributed by atoms with van der Waals surface area (Å²) in [6.07, 6.45) is 7.69. The first-order chi connectivity index (χ1) is 27.0. The van der Waals surface area contributed by atoms with Gasteiger partial charge in [0.25, 0.3) is 5.91 Å². The predicted octanol–water partition coefficient (Wildman–Crippen LogP) is 2.72. The number of aryl methyl sites for hydroxylation is 1. The summed E-state index contributed by atoms with van der Waals surface area (Å²) in [5.41, 5.74) is 0.0811. The van der Waals surface area contributed by atoms with Gasteiger partial charge in [0, 0.05) is 25.3 Å². The van der Waals surface area contributed by atoms with Gasteiger partial charge in [0.15, 0.2) is 0 Å². The van der Waals surface area contributed by atoms with Crippen molar-refractivity contribution in [1.29, 1.82) is 0 Å². The van der Waals surface area contributed by atoms with Crippen LogP contribution < -0.4 is 30.1 Å². The molecule has 6 rings (SSSR count). The summed E-state index contributed by atoms with van der Waals surface area (Å²) in [5.74, 6) is -2.79. The number of rotatable bonds is 11. The monoisotopic (exact) mass is 809 g/mol. The molecule has 1 saturated heterocycles. The van der Waals surface area contributed by atoms with Gasteiger partial charge in [-0.05, 0) is 70.4 Å². The van der Waals surface area contributed by atoms with Crippen molar-refractivity contribution < 1.29 is 41.9 Å². The maximum atomic E-state index is 14.7. The van der Waals surface area contributed by atoms with Crippen molar-refractivity contribution in [2.75, 3.05) is 13.7 Å². The number of nitrogens with zero attached hydrogens (tertiary/aromatic N) is 3. The molecule has 57 heavy (non-hydrogen) atoms. The molecule has 1 aromatic carbocycles. The van der Waals surface area contributed by atoms with Crippen LogP contribution in [-0.4, -0.2) is 101 Å². The van der Waals surface area contributed by atoms with E-state index >= 15 is 0 Å². The molecule has 0 bridgehead atoms. The molecule has 16 nitrogen and oxygen atoms in total. The number of methoxy groups -OCH3 is 1. The maximum Gasteiger partial charge on any atom is 0.259 e. The molecule has 310 valence electrons.